The number of nitrogens with zero attached hydrogens (tertiary/aromatic N) is 4. The van der Waals surface area contributed by atoms with Crippen molar-refractivity contribution in [2.45, 2.75) is 19.0 Å². The fourth-order valence-electron chi connectivity index (χ4n) is 3.06. The van der Waals surface area contributed by atoms with Crippen molar-refractivity contribution in [1.82, 2.24) is 20.2 Å². The molecule has 160 valence electrons. The summed E-state index contributed by atoms with van der Waals surface area (Å²) in [5.41, 5.74) is 7.75. The summed E-state index contributed by atoms with van der Waals surface area (Å²) in [4.78, 5) is 12.3. The zero-order chi connectivity index (χ0) is 22.3. The minimum Gasteiger partial charge on any atom is -0.272 e. The van der Waals surface area contributed by atoms with Gasteiger partial charge in [0.05, 0.1) is 12.0 Å². The number of nitrogens with one attached hydrogen (secondary N) is 1. The molecular weight excluding hydrogens is 418 g/mol. The van der Waals surface area contributed by atoms with Crippen LogP contribution in [-0.4, -0.2) is 32.6 Å². The maximum atomic E-state index is 12.3. The Morgan fingerprint density at radius 2 is 1.59 bits per heavy atom. The molecule has 1 N–H and O–H groups in total. The topological polar surface area (TPSA) is 72.2 Å². The van der Waals surface area contributed by atoms with Crippen LogP contribution in [-0.2, 0) is 4.79 Å². The minimum absolute atomic E-state index is 0.171. The van der Waals surface area contributed by atoms with Crippen molar-refractivity contribution in [1.29, 1.82) is 0 Å². The van der Waals surface area contributed by atoms with Crippen molar-refractivity contribution in [3.05, 3.63) is 95.6 Å². The van der Waals surface area contributed by atoms with Crippen LogP contribution in [0.2, 0.25) is 0 Å². The first-order valence-corrected chi connectivity index (χ1v) is 11.2. The van der Waals surface area contributed by atoms with Gasteiger partial charge in [-0.15, -0.1) is 10.2 Å². The fourth-order valence-corrected chi connectivity index (χ4v) is 3.80. The molecule has 0 bridgehead atoms. The lowest BCUT2D eigenvalue weighted by molar-refractivity contribution is -0.118. The van der Waals surface area contributed by atoms with Crippen LogP contribution in [0.1, 0.15) is 16.7 Å². The molecule has 0 atom stereocenters. The number of aryl methyl sites for hydroxylation is 2. The first-order chi connectivity index (χ1) is 15.6. The van der Waals surface area contributed by atoms with E-state index >= 15 is 0 Å². The standard InChI is InChI=1S/C25H23N5OS/c1-18-8-12-20(13-9-18)16-26-27-23(31)17-32-25-29-28-24(21-6-4-3-5-7-21)30(25)22-14-10-19(2)11-15-22/h3-16H,17H2,1-2H3,(H,27,31). The Balaban J connectivity index is 1.49. The molecule has 0 unspecified atom stereocenters. The quantitative estimate of drug-likeness (QED) is 0.254. The van der Waals surface area contributed by atoms with Gasteiger partial charge in [0.2, 0.25) is 0 Å². The summed E-state index contributed by atoms with van der Waals surface area (Å²) in [6, 6.07) is 26.0. The highest BCUT2D eigenvalue weighted by Crippen LogP contribution is 2.28. The summed E-state index contributed by atoms with van der Waals surface area (Å²) in [6.07, 6.45) is 1.63. The number of aromatic nitrogens is 3. The maximum Gasteiger partial charge on any atom is 0.250 e. The third-order valence-corrected chi connectivity index (χ3v) is 5.70. The highest BCUT2D eigenvalue weighted by Gasteiger charge is 2.17. The van der Waals surface area contributed by atoms with Crippen LogP contribution in [0.3, 0.4) is 0 Å². The molecule has 3 aromatic carbocycles. The number of hydrazone groups is 1. The second-order valence-electron chi connectivity index (χ2n) is 7.34. The van der Waals surface area contributed by atoms with Crippen LogP contribution >= 0.6 is 11.8 Å². The number of rotatable bonds is 7. The SMILES string of the molecule is Cc1ccc(C=NNC(=O)CSc2nnc(-c3ccccc3)n2-c2ccc(C)cc2)cc1. The van der Waals surface area contributed by atoms with Crippen molar-refractivity contribution in [3.8, 4) is 17.1 Å². The molecule has 0 aliphatic rings. The van der Waals surface area contributed by atoms with E-state index in [-0.39, 0.29) is 11.7 Å². The number of amides is 1. The number of hydrogen-bond donors (Lipinski definition) is 1. The van der Waals surface area contributed by atoms with Gasteiger partial charge in [-0.05, 0) is 31.5 Å². The van der Waals surface area contributed by atoms with Crippen molar-refractivity contribution in [2.75, 3.05) is 5.75 Å². The number of hydrogen-bond acceptors (Lipinski definition) is 5. The van der Waals surface area contributed by atoms with Gasteiger partial charge >= 0.3 is 0 Å². The van der Waals surface area contributed by atoms with Gasteiger partial charge in [-0.1, -0.05) is 89.6 Å². The molecule has 4 rings (SSSR count). The van der Waals surface area contributed by atoms with E-state index in [0.717, 1.165) is 22.6 Å². The molecule has 0 fully saturated rings. The summed E-state index contributed by atoms with van der Waals surface area (Å²) in [5.74, 6) is 0.692. The molecule has 7 heteroatoms. The highest BCUT2D eigenvalue weighted by molar-refractivity contribution is 7.99. The Bertz CT molecular complexity index is 1220. The zero-order valence-electron chi connectivity index (χ0n) is 17.9. The Kier molecular flexibility index (Phi) is 6.77. The van der Waals surface area contributed by atoms with Crippen molar-refractivity contribution in [2.24, 2.45) is 5.10 Å². The summed E-state index contributed by atoms with van der Waals surface area (Å²) in [5, 5.41) is 13.4. The van der Waals surface area contributed by atoms with Crippen molar-refractivity contribution in [3.63, 3.8) is 0 Å². The highest BCUT2D eigenvalue weighted by atomic mass is 32.2. The molecular formula is C25H23N5OS. The molecule has 1 aromatic heterocycles. The molecule has 0 aliphatic heterocycles. The van der Waals surface area contributed by atoms with Gasteiger partial charge in [-0.3, -0.25) is 9.36 Å². The molecule has 4 aromatic rings. The maximum absolute atomic E-state index is 12.3. The second kappa shape index (κ2) is 10.1. The second-order valence-corrected chi connectivity index (χ2v) is 8.28. The van der Waals surface area contributed by atoms with Gasteiger partial charge in [0.15, 0.2) is 11.0 Å². The molecule has 1 heterocycles. The third kappa shape index (κ3) is 5.31. The van der Waals surface area contributed by atoms with Gasteiger partial charge in [-0.25, -0.2) is 5.43 Å². The van der Waals surface area contributed by atoms with Crippen molar-refractivity contribution < 1.29 is 4.79 Å². The van der Waals surface area contributed by atoms with Gasteiger partial charge in [0, 0.05) is 11.3 Å². The first kappa shape index (κ1) is 21.5. The summed E-state index contributed by atoms with van der Waals surface area (Å²) in [7, 11) is 0. The molecule has 0 saturated heterocycles. The van der Waals surface area contributed by atoms with Gasteiger partial charge in [0.25, 0.3) is 5.91 Å². The van der Waals surface area contributed by atoms with Crippen LogP contribution in [0.4, 0.5) is 0 Å². The van der Waals surface area contributed by atoms with Crippen LogP contribution in [0.5, 0.6) is 0 Å². The minimum atomic E-state index is -0.210. The zero-order valence-corrected chi connectivity index (χ0v) is 18.7. The summed E-state index contributed by atoms with van der Waals surface area (Å²) >= 11 is 1.32. The lowest BCUT2D eigenvalue weighted by Gasteiger charge is -2.10. The molecule has 0 saturated carbocycles. The Morgan fingerprint density at radius 3 is 2.28 bits per heavy atom. The van der Waals surface area contributed by atoms with Crippen LogP contribution < -0.4 is 5.43 Å². The van der Waals surface area contributed by atoms with E-state index in [4.69, 9.17) is 0 Å². The molecule has 0 radical (unpaired) electrons. The predicted octanol–water partition coefficient (Wildman–Crippen LogP) is 4.79. The van der Waals surface area contributed by atoms with E-state index in [1.165, 1.54) is 22.9 Å². The Hall–Kier alpha value is -3.71. The van der Waals surface area contributed by atoms with Crippen LogP contribution in [0.25, 0.3) is 17.1 Å². The molecule has 32 heavy (non-hydrogen) atoms. The average molecular weight is 442 g/mol. The Morgan fingerprint density at radius 1 is 0.938 bits per heavy atom. The number of thioether (sulfide) groups is 1. The molecule has 1 amide bonds. The predicted molar refractivity (Wildman–Crippen MR) is 129 cm³/mol. The van der Waals surface area contributed by atoms with E-state index < -0.39 is 0 Å². The largest absolute Gasteiger partial charge is 0.272 e. The Labute approximate surface area is 191 Å². The van der Waals surface area contributed by atoms with Gasteiger partial charge in [-0.2, -0.15) is 5.10 Å². The lowest BCUT2D eigenvalue weighted by atomic mass is 10.2. The monoisotopic (exact) mass is 441 g/mol. The molecule has 0 spiro atoms. The molecule has 0 aliphatic carbocycles. The lowest BCUT2D eigenvalue weighted by Crippen LogP contribution is -2.20. The van der Waals surface area contributed by atoms with Crippen molar-refractivity contribution >= 4 is 23.9 Å². The number of benzene rings is 3. The van der Waals surface area contributed by atoms with E-state index in [1.807, 2.05) is 97.3 Å². The molecule has 6 nitrogen and oxygen atoms in total. The van der Waals surface area contributed by atoms with Crippen LogP contribution in [0.15, 0.2) is 89.1 Å². The normalized spacial score (nSPS) is 11.1. The summed E-state index contributed by atoms with van der Waals surface area (Å²) < 4.78 is 1.97. The number of carbonyl (C=O) groups is 1. The number of carbonyl (C=O) groups excluding carboxylic acids is 1. The average Bonchev–Trinajstić information content (AvgIpc) is 3.24. The van der Waals surface area contributed by atoms with Gasteiger partial charge < -0.3 is 0 Å². The summed E-state index contributed by atoms with van der Waals surface area (Å²) in [6.45, 7) is 4.07. The van der Waals surface area contributed by atoms with E-state index in [9.17, 15) is 4.79 Å². The third-order valence-electron chi connectivity index (χ3n) is 4.77. The van der Waals surface area contributed by atoms with Gasteiger partial charge in [0.1, 0.15) is 0 Å². The van der Waals surface area contributed by atoms with E-state index in [2.05, 4.69) is 20.7 Å². The van der Waals surface area contributed by atoms with E-state index in [1.54, 1.807) is 6.21 Å². The van der Waals surface area contributed by atoms with E-state index in [0.29, 0.717) is 5.16 Å². The van der Waals surface area contributed by atoms with Crippen LogP contribution in [0, 0.1) is 13.8 Å². The smallest absolute Gasteiger partial charge is 0.250 e. The fraction of sp³-hybridized carbons (Fsp3) is 0.120. The first-order valence-electron chi connectivity index (χ1n) is 10.2.